The van der Waals surface area contributed by atoms with Crippen molar-refractivity contribution >= 4 is 50.3 Å². The van der Waals surface area contributed by atoms with Crippen molar-refractivity contribution in [1.82, 2.24) is 9.66 Å². The van der Waals surface area contributed by atoms with E-state index in [0.29, 0.717) is 26.8 Å². The first-order valence-corrected chi connectivity index (χ1v) is 12.2. The SMILES string of the molecule is CC(C)(C)c1nc2ccc(Br)cc2c(=O)n1N=Cc1cc(Cl)c(OCc2cccc(F)c2)c([N+](=O)[O-])c1. The Balaban J connectivity index is 1.75. The zero-order valence-corrected chi connectivity index (χ0v) is 22.4. The van der Waals surface area contributed by atoms with E-state index in [-0.39, 0.29) is 28.5 Å². The van der Waals surface area contributed by atoms with E-state index >= 15 is 0 Å². The molecule has 0 radical (unpaired) electrons. The second kappa shape index (κ2) is 10.4. The number of aromatic nitrogens is 2. The summed E-state index contributed by atoms with van der Waals surface area (Å²) in [5.41, 5.74) is -0.0207. The number of benzene rings is 3. The molecule has 4 aromatic rings. The monoisotopic (exact) mass is 586 g/mol. The van der Waals surface area contributed by atoms with E-state index in [1.165, 1.54) is 41.2 Å². The number of nitrogens with zero attached hydrogens (tertiary/aromatic N) is 4. The van der Waals surface area contributed by atoms with Crippen LogP contribution in [0.2, 0.25) is 5.02 Å². The summed E-state index contributed by atoms with van der Waals surface area (Å²) >= 11 is 9.71. The third-order valence-corrected chi connectivity index (χ3v) is 6.09. The number of ether oxygens (including phenoxy) is 1. The van der Waals surface area contributed by atoms with Gasteiger partial charge in [0.25, 0.3) is 5.56 Å². The van der Waals surface area contributed by atoms with Crippen molar-refractivity contribution < 1.29 is 14.1 Å². The van der Waals surface area contributed by atoms with Crippen LogP contribution >= 0.6 is 27.5 Å². The number of fused-ring (bicyclic) bond motifs is 1. The second-order valence-electron chi connectivity index (χ2n) is 9.24. The van der Waals surface area contributed by atoms with Gasteiger partial charge in [0, 0.05) is 21.5 Å². The molecule has 1 aromatic heterocycles. The number of hydrogen-bond acceptors (Lipinski definition) is 6. The van der Waals surface area contributed by atoms with Crippen molar-refractivity contribution in [2.24, 2.45) is 5.10 Å². The first-order valence-electron chi connectivity index (χ1n) is 11.1. The maximum atomic E-state index is 13.5. The average molecular weight is 588 g/mol. The molecular weight excluding hydrogens is 567 g/mol. The predicted octanol–water partition coefficient (Wildman–Crippen LogP) is 6.62. The van der Waals surface area contributed by atoms with Crippen LogP contribution in [0.1, 0.15) is 37.7 Å². The predicted molar refractivity (Wildman–Crippen MR) is 144 cm³/mol. The zero-order valence-electron chi connectivity index (χ0n) is 20.0. The number of nitro groups is 1. The van der Waals surface area contributed by atoms with Gasteiger partial charge >= 0.3 is 5.69 Å². The average Bonchev–Trinajstić information content (AvgIpc) is 2.82. The van der Waals surface area contributed by atoms with Crippen molar-refractivity contribution in [2.75, 3.05) is 0 Å². The van der Waals surface area contributed by atoms with Gasteiger partial charge in [0.1, 0.15) is 18.2 Å². The molecule has 0 saturated heterocycles. The first-order chi connectivity index (χ1) is 17.4. The molecule has 0 aliphatic heterocycles. The van der Waals surface area contributed by atoms with Crippen molar-refractivity contribution in [3.8, 4) is 5.75 Å². The van der Waals surface area contributed by atoms with E-state index in [1.54, 1.807) is 24.3 Å². The zero-order chi connectivity index (χ0) is 26.9. The van der Waals surface area contributed by atoms with Gasteiger partial charge in [-0.15, -0.1) is 0 Å². The number of hydrogen-bond donors (Lipinski definition) is 0. The largest absolute Gasteiger partial charge is 0.481 e. The van der Waals surface area contributed by atoms with Gasteiger partial charge in [0.05, 0.1) is 27.1 Å². The van der Waals surface area contributed by atoms with Crippen LogP contribution in [-0.4, -0.2) is 20.8 Å². The quantitative estimate of drug-likeness (QED) is 0.143. The fourth-order valence-corrected chi connectivity index (χ4v) is 4.24. The molecule has 37 heavy (non-hydrogen) atoms. The van der Waals surface area contributed by atoms with E-state index in [1.807, 2.05) is 20.8 Å². The molecule has 0 N–H and O–H groups in total. The Bertz CT molecular complexity index is 1620. The first kappa shape index (κ1) is 26.4. The van der Waals surface area contributed by atoms with Crippen molar-refractivity contribution in [1.29, 1.82) is 0 Å². The lowest BCUT2D eigenvalue weighted by Crippen LogP contribution is -2.29. The highest BCUT2D eigenvalue weighted by Crippen LogP contribution is 2.36. The summed E-state index contributed by atoms with van der Waals surface area (Å²) in [4.78, 5) is 29.1. The molecule has 0 aliphatic carbocycles. The van der Waals surface area contributed by atoms with Gasteiger partial charge < -0.3 is 4.74 Å². The van der Waals surface area contributed by atoms with Crippen molar-refractivity contribution in [3.05, 3.63) is 107 Å². The molecule has 1 heterocycles. The molecule has 0 aliphatic rings. The van der Waals surface area contributed by atoms with Crippen LogP contribution < -0.4 is 10.3 Å². The molecule has 0 bridgehead atoms. The Morgan fingerprint density at radius 2 is 1.97 bits per heavy atom. The molecule has 3 aromatic carbocycles. The Labute approximate surface area is 224 Å². The summed E-state index contributed by atoms with van der Waals surface area (Å²) in [5.74, 6) is -0.189. The molecule has 11 heteroatoms. The summed E-state index contributed by atoms with van der Waals surface area (Å²) in [5, 5.41) is 16.4. The van der Waals surface area contributed by atoms with Crippen LogP contribution in [0.5, 0.6) is 5.75 Å². The van der Waals surface area contributed by atoms with Crippen molar-refractivity contribution in [2.45, 2.75) is 32.8 Å². The van der Waals surface area contributed by atoms with Gasteiger partial charge in [-0.3, -0.25) is 14.9 Å². The molecule has 0 spiro atoms. The standard InChI is InChI=1S/C26H21BrClFN4O4/c1-26(2,3)25-31-21-8-7-17(27)12-19(21)24(34)32(25)30-13-16-10-20(28)23(22(11-16)33(35)36)37-14-15-5-4-6-18(29)9-15/h4-13H,14H2,1-3H3. The molecule has 0 unspecified atom stereocenters. The summed E-state index contributed by atoms with van der Waals surface area (Å²) in [6.07, 6.45) is 1.30. The van der Waals surface area contributed by atoms with Gasteiger partial charge in [-0.2, -0.15) is 9.78 Å². The Morgan fingerprint density at radius 3 is 2.65 bits per heavy atom. The Morgan fingerprint density at radius 1 is 1.22 bits per heavy atom. The van der Waals surface area contributed by atoms with Gasteiger partial charge in [0.15, 0.2) is 0 Å². The normalized spacial score (nSPS) is 11.8. The summed E-state index contributed by atoms with van der Waals surface area (Å²) < 4.78 is 20.9. The van der Waals surface area contributed by atoms with Crippen LogP contribution in [-0.2, 0) is 12.0 Å². The minimum absolute atomic E-state index is 0.0315. The Hall–Kier alpha value is -3.63. The fraction of sp³-hybridized carbons (Fsp3) is 0.192. The maximum Gasteiger partial charge on any atom is 0.313 e. The lowest BCUT2D eigenvalue weighted by molar-refractivity contribution is -0.385. The molecule has 0 saturated carbocycles. The van der Waals surface area contributed by atoms with Crippen LogP contribution in [0.3, 0.4) is 0 Å². The van der Waals surface area contributed by atoms with E-state index in [0.717, 1.165) is 0 Å². The van der Waals surface area contributed by atoms with Gasteiger partial charge in [0.2, 0.25) is 5.75 Å². The minimum atomic E-state index is -0.633. The summed E-state index contributed by atoms with van der Waals surface area (Å²) in [7, 11) is 0. The van der Waals surface area contributed by atoms with Gasteiger partial charge in [-0.05, 0) is 42.0 Å². The highest BCUT2D eigenvalue weighted by molar-refractivity contribution is 9.10. The number of nitro benzene ring substituents is 1. The third kappa shape index (κ3) is 5.86. The van der Waals surface area contributed by atoms with Crippen LogP contribution in [0, 0.1) is 15.9 Å². The molecule has 190 valence electrons. The lowest BCUT2D eigenvalue weighted by atomic mass is 9.95. The maximum absolute atomic E-state index is 13.5. The lowest BCUT2D eigenvalue weighted by Gasteiger charge is -2.20. The van der Waals surface area contributed by atoms with E-state index in [2.05, 4.69) is 26.0 Å². The number of rotatable bonds is 6. The minimum Gasteiger partial charge on any atom is -0.481 e. The fourth-order valence-electron chi connectivity index (χ4n) is 3.60. The highest BCUT2D eigenvalue weighted by Gasteiger charge is 2.24. The summed E-state index contributed by atoms with van der Waals surface area (Å²) in [6.45, 7) is 5.59. The number of halogens is 3. The van der Waals surface area contributed by atoms with E-state index in [9.17, 15) is 19.3 Å². The third-order valence-electron chi connectivity index (χ3n) is 5.32. The summed E-state index contributed by atoms with van der Waals surface area (Å²) in [6, 6.07) is 13.6. The van der Waals surface area contributed by atoms with Crippen LogP contribution in [0.4, 0.5) is 10.1 Å². The van der Waals surface area contributed by atoms with Crippen LogP contribution in [0.25, 0.3) is 10.9 Å². The van der Waals surface area contributed by atoms with Crippen molar-refractivity contribution in [3.63, 3.8) is 0 Å². The molecule has 0 atom stereocenters. The molecule has 8 nitrogen and oxygen atoms in total. The smallest absolute Gasteiger partial charge is 0.313 e. The molecular formula is C26H21BrClFN4O4. The van der Waals surface area contributed by atoms with Gasteiger partial charge in [-0.25, -0.2) is 9.37 Å². The highest BCUT2D eigenvalue weighted by atomic mass is 79.9. The second-order valence-corrected chi connectivity index (χ2v) is 10.6. The van der Waals surface area contributed by atoms with Gasteiger partial charge in [-0.1, -0.05) is 60.4 Å². The molecule has 4 rings (SSSR count). The molecule has 0 amide bonds. The molecule has 0 fully saturated rings. The topological polar surface area (TPSA) is 99.6 Å². The van der Waals surface area contributed by atoms with Crippen LogP contribution in [0.15, 0.2) is 69.0 Å². The Kier molecular flexibility index (Phi) is 7.42. The van der Waals surface area contributed by atoms with E-state index < -0.39 is 21.8 Å². The van der Waals surface area contributed by atoms with E-state index in [4.69, 9.17) is 16.3 Å².